The number of nitrogens with one attached hydrogen (secondary N) is 2. The van der Waals surface area contributed by atoms with Crippen molar-refractivity contribution in [3.8, 4) is 0 Å². The summed E-state index contributed by atoms with van der Waals surface area (Å²) in [6.45, 7) is 7.47. The number of fused-ring (bicyclic) bond motifs is 1. The van der Waals surface area contributed by atoms with Crippen LogP contribution in [0.2, 0.25) is 0 Å². The maximum atomic E-state index is 12.3. The van der Waals surface area contributed by atoms with Gasteiger partial charge in [-0.3, -0.25) is 4.79 Å². The van der Waals surface area contributed by atoms with Crippen molar-refractivity contribution >= 4 is 5.91 Å². The van der Waals surface area contributed by atoms with Crippen LogP contribution in [0.15, 0.2) is 24.3 Å². The Labute approximate surface area is 121 Å². The van der Waals surface area contributed by atoms with Crippen molar-refractivity contribution in [1.29, 1.82) is 0 Å². The molecule has 110 valence electrons. The summed E-state index contributed by atoms with van der Waals surface area (Å²) in [6.07, 6.45) is 0. The first-order valence-corrected chi connectivity index (χ1v) is 7.36. The van der Waals surface area contributed by atoms with Crippen molar-refractivity contribution in [3.05, 3.63) is 35.4 Å². The third-order valence-corrected chi connectivity index (χ3v) is 4.06. The summed E-state index contributed by atoms with van der Waals surface area (Å²) >= 11 is 0. The van der Waals surface area contributed by atoms with Gasteiger partial charge in [-0.2, -0.15) is 0 Å². The molecule has 0 saturated carbocycles. The molecule has 2 rings (SSSR count). The highest BCUT2D eigenvalue weighted by Crippen LogP contribution is 2.23. The molecule has 1 heterocycles. The summed E-state index contributed by atoms with van der Waals surface area (Å²) in [5.74, 6) is 0.0612. The molecule has 0 aliphatic carbocycles. The molecule has 1 amide bonds. The van der Waals surface area contributed by atoms with Crippen LogP contribution in [-0.4, -0.2) is 43.5 Å². The Hall–Kier alpha value is -1.39. The molecule has 0 fully saturated rings. The van der Waals surface area contributed by atoms with E-state index in [1.807, 2.05) is 12.1 Å². The number of carbonyl (C=O) groups excluding carboxylic acids is 1. The molecule has 1 aliphatic rings. The number of benzene rings is 1. The van der Waals surface area contributed by atoms with Gasteiger partial charge in [-0.05, 0) is 32.0 Å². The highest BCUT2D eigenvalue weighted by Gasteiger charge is 2.25. The SMILES string of the molecule is CC(C)N(C)CCNC(=O)C1CNCc2ccccc21. The van der Waals surface area contributed by atoms with Gasteiger partial charge >= 0.3 is 0 Å². The quantitative estimate of drug-likeness (QED) is 0.852. The van der Waals surface area contributed by atoms with Crippen LogP contribution in [0.3, 0.4) is 0 Å². The molecule has 0 bridgehead atoms. The molecule has 1 aromatic rings. The Morgan fingerprint density at radius 2 is 2.20 bits per heavy atom. The molecule has 1 atom stereocenters. The Morgan fingerprint density at radius 1 is 1.45 bits per heavy atom. The van der Waals surface area contributed by atoms with Crippen molar-refractivity contribution in [2.24, 2.45) is 0 Å². The summed E-state index contributed by atoms with van der Waals surface area (Å²) in [5.41, 5.74) is 2.40. The van der Waals surface area contributed by atoms with Crippen LogP contribution >= 0.6 is 0 Å². The maximum absolute atomic E-state index is 12.3. The van der Waals surface area contributed by atoms with Gasteiger partial charge in [0.15, 0.2) is 0 Å². The van der Waals surface area contributed by atoms with Crippen LogP contribution in [0.25, 0.3) is 0 Å². The fourth-order valence-electron chi connectivity index (χ4n) is 2.47. The summed E-state index contributed by atoms with van der Waals surface area (Å²) < 4.78 is 0. The average molecular weight is 275 g/mol. The van der Waals surface area contributed by atoms with Crippen molar-refractivity contribution in [2.45, 2.75) is 32.4 Å². The van der Waals surface area contributed by atoms with Crippen molar-refractivity contribution < 1.29 is 4.79 Å². The fraction of sp³-hybridized carbons (Fsp3) is 0.562. The number of rotatable bonds is 5. The molecule has 1 unspecified atom stereocenters. The number of hydrogen-bond donors (Lipinski definition) is 2. The second kappa shape index (κ2) is 6.86. The zero-order chi connectivity index (χ0) is 14.5. The Kier molecular flexibility index (Phi) is 5.15. The fourth-order valence-corrected chi connectivity index (χ4v) is 2.47. The average Bonchev–Trinajstić information content (AvgIpc) is 2.46. The number of nitrogens with zero attached hydrogens (tertiary/aromatic N) is 1. The van der Waals surface area contributed by atoms with Crippen molar-refractivity contribution in [2.75, 3.05) is 26.7 Å². The lowest BCUT2D eigenvalue weighted by Gasteiger charge is -2.26. The summed E-state index contributed by atoms with van der Waals surface area (Å²) in [4.78, 5) is 14.6. The third kappa shape index (κ3) is 3.58. The van der Waals surface area contributed by atoms with E-state index in [1.54, 1.807) is 0 Å². The predicted molar refractivity (Wildman–Crippen MR) is 81.7 cm³/mol. The molecule has 1 aliphatic heterocycles. The molecule has 2 N–H and O–H groups in total. The van der Waals surface area contributed by atoms with Crippen LogP contribution in [-0.2, 0) is 11.3 Å². The van der Waals surface area contributed by atoms with E-state index in [-0.39, 0.29) is 11.8 Å². The van der Waals surface area contributed by atoms with Crippen LogP contribution in [0.1, 0.15) is 30.9 Å². The highest BCUT2D eigenvalue weighted by atomic mass is 16.1. The first-order valence-electron chi connectivity index (χ1n) is 7.36. The van der Waals surface area contributed by atoms with E-state index < -0.39 is 0 Å². The van der Waals surface area contributed by atoms with Crippen LogP contribution in [0.4, 0.5) is 0 Å². The predicted octanol–water partition coefficient (Wildman–Crippen LogP) is 1.33. The van der Waals surface area contributed by atoms with Crippen molar-refractivity contribution in [1.82, 2.24) is 15.5 Å². The number of hydrogen-bond acceptors (Lipinski definition) is 3. The minimum Gasteiger partial charge on any atom is -0.354 e. The van der Waals surface area contributed by atoms with E-state index in [0.717, 1.165) is 19.6 Å². The monoisotopic (exact) mass is 275 g/mol. The van der Waals surface area contributed by atoms with E-state index >= 15 is 0 Å². The standard InChI is InChI=1S/C16H25N3O/c1-12(2)19(3)9-8-18-16(20)15-11-17-10-13-6-4-5-7-14(13)15/h4-7,12,15,17H,8-11H2,1-3H3,(H,18,20). The zero-order valence-electron chi connectivity index (χ0n) is 12.6. The first kappa shape index (κ1) is 15.0. The highest BCUT2D eigenvalue weighted by molar-refractivity contribution is 5.84. The van der Waals surface area contributed by atoms with E-state index in [1.165, 1.54) is 11.1 Å². The van der Waals surface area contributed by atoms with E-state index in [9.17, 15) is 4.79 Å². The van der Waals surface area contributed by atoms with Crippen LogP contribution in [0.5, 0.6) is 0 Å². The van der Waals surface area contributed by atoms with Crippen LogP contribution in [0, 0.1) is 0 Å². The molecule has 0 saturated heterocycles. The van der Waals surface area contributed by atoms with Gasteiger partial charge in [-0.25, -0.2) is 0 Å². The van der Waals surface area contributed by atoms with E-state index in [0.29, 0.717) is 12.6 Å². The Bertz CT molecular complexity index is 459. The maximum Gasteiger partial charge on any atom is 0.228 e. The molecule has 4 nitrogen and oxygen atoms in total. The normalized spacial score (nSPS) is 18.1. The van der Waals surface area contributed by atoms with Gasteiger partial charge in [0, 0.05) is 32.2 Å². The lowest BCUT2D eigenvalue weighted by atomic mass is 9.90. The number of carbonyl (C=O) groups is 1. The van der Waals surface area contributed by atoms with Gasteiger partial charge in [0.1, 0.15) is 0 Å². The van der Waals surface area contributed by atoms with Gasteiger partial charge in [-0.15, -0.1) is 0 Å². The molecular weight excluding hydrogens is 250 g/mol. The smallest absolute Gasteiger partial charge is 0.228 e. The Morgan fingerprint density at radius 3 is 2.95 bits per heavy atom. The zero-order valence-corrected chi connectivity index (χ0v) is 12.6. The number of amides is 1. The van der Waals surface area contributed by atoms with Gasteiger partial charge in [0.2, 0.25) is 5.91 Å². The van der Waals surface area contributed by atoms with Crippen LogP contribution < -0.4 is 10.6 Å². The molecule has 20 heavy (non-hydrogen) atoms. The molecule has 4 heteroatoms. The van der Waals surface area contributed by atoms with E-state index in [4.69, 9.17) is 0 Å². The van der Waals surface area contributed by atoms with Gasteiger partial charge in [0.05, 0.1) is 5.92 Å². The van der Waals surface area contributed by atoms with Gasteiger partial charge < -0.3 is 15.5 Å². The van der Waals surface area contributed by atoms with Crippen molar-refractivity contribution in [3.63, 3.8) is 0 Å². The van der Waals surface area contributed by atoms with Gasteiger partial charge in [-0.1, -0.05) is 24.3 Å². The minimum atomic E-state index is -0.0655. The molecule has 1 aromatic carbocycles. The second-order valence-corrected chi connectivity index (χ2v) is 5.75. The van der Waals surface area contributed by atoms with E-state index in [2.05, 4.69) is 48.6 Å². The molecular formula is C16H25N3O. The largest absolute Gasteiger partial charge is 0.354 e. The molecule has 0 aromatic heterocycles. The molecule has 0 radical (unpaired) electrons. The lowest BCUT2D eigenvalue weighted by molar-refractivity contribution is -0.122. The molecule has 0 spiro atoms. The topological polar surface area (TPSA) is 44.4 Å². The second-order valence-electron chi connectivity index (χ2n) is 5.75. The first-order chi connectivity index (χ1) is 9.59. The van der Waals surface area contributed by atoms with Gasteiger partial charge in [0.25, 0.3) is 0 Å². The summed E-state index contributed by atoms with van der Waals surface area (Å²) in [6, 6.07) is 8.70. The summed E-state index contributed by atoms with van der Waals surface area (Å²) in [5, 5.41) is 6.38. The summed E-state index contributed by atoms with van der Waals surface area (Å²) in [7, 11) is 2.08. The lowest BCUT2D eigenvalue weighted by Crippen LogP contribution is -2.42. The third-order valence-electron chi connectivity index (χ3n) is 4.06. The number of likely N-dealkylation sites (N-methyl/N-ethyl adjacent to an activating group) is 1. The minimum absolute atomic E-state index is 0.0655. The Balaban J connectivity index is 1.91.